The first-order valence-electron chi connectivity index (χ1n) is 4.76. The van der Waals surface area contributed by atoms with Gasteiger partial charge >= 0.3 is 6.03 Å². The highest BCUT2D eigenvalue weighted by molar-refractivity contribution is 5.74. The maximum atomic E-state index is 11.4. The van der Waals surface area contributed by atoms with Gasteiger partial charge in [-0.1, -0.05) is 0 Å². The Bertz CT molecular complexity index is 333. The number of nitrogens with one attached hydrogen (secondary N) is 1. The Morgan fingerprint density at radius 2 is 2.50 bits per heavy atom. The molecular weight excluding hydrogens is 180 g/mol. The van der Waals surface area contributed by atoms with Crippen molar-refractivity contribution in [3.8, 4) is 0 Å². The molecule has 1 saturated heterocycles. The van der Waals surface area contributed by atoms with Gasteiger partial charge in [0.2, 0.25) is 0 Å². The van der Waals surface area contributed by atoms with E-state index in [9.17, 15) is 4.79 Å². The number of rotatable bonds is 2. The lowest BCUT2D eigenvalue weighted by atomic mass is 10.3. The van der Waals surface area contributed by atoms with E-state index in [0.29, 0.717) is 6.54 Å². The lowest BCUT2D eigenvalue weighted by molar-refractivity contribution is 0.181. The molecule has 2 rings (SSSR count). The monoisotopic (exact) mass is 194 g/mol. The second kappa shape index (κ2) is 3.69. The second-order valence-corrected chi connectivity index (χ2v) is 3.46. The van der Waals surface area contributed by atoms with Crippen LogP contribution in [0.4, 0.5) is 4.79 Å². The summed E-state index contributed by atoms with van der Waals surface area (Å²) in [5, 5.41) is 2.81. The highest BCUT2D eigenvalue weighted by Crippen LogP contribution is 2.05. The van der Waals surface area contributed by atoms with Gasteiger partial charge in [0.15, 0.2) is 0 Å². The Labute approximate surface area is 82.7 Å². The number of hydrogen-bond donors (Lipinski definition) is 1. The van der Waals surface area contributed by atoms with Crippen LogP contribution in [-0.4, -0.2) is 33.6 Å². The quantitative estimate of drug-likeness (QED) is 0.737. The molecule has 5 nitrogen and oxygen atoms in total. The number of imidazole rings is 1. The molecule has 1 aliphatic heterocycles. The average Bonchev–Trinajstić information content (AvgIpc) is 2.56. The van der Waals surface area contributed by atoms with Gasteiger partial charge < -0.3 is 14.8 Å². The zero-order valence-electron chi connectivity index (χ0n) is 8.23. The van der Waals surface area contributed by atoms with Crippen molar-refractivity contribution in [2.45, 2.75) is 13.0 Å². The largest absolute Gasteiger partial charge is 0.338 e. The topological polar surface area (TPSA) is 50.2 Å². The molecule has 0 spiro atoms. The Kier molecular flexibility index (Phi) is 2.39. The van der Waals surface area contributed by atoms with Gasteiger partial charge in [-0.15, -0.1) is 0 Å². The van der Waals surface area contributed by atoms with E-state index in [1.54, 1.807) is 11.1 Å². The summed E-state index contributed by atoms with van der Waals surface area (Å²) in [4.78, 5) is 17.4. The van der Waals surface area contributed by atoms with Crippen molar-refractivity contribution in [1.82, 2.24) is 19.8 Å². The number of aromatic nitrogens is 2. The van der Waals surface area contributed by atoms with Crippen molar-refractivity contribution in [3.05, 3.63) is 18.2 Å². The zero-order valence-corrected chi connectivity index (χ0v) is 8.23. The van der Waals surface area contributed by atoms with Crippen LogP contribution < -0.4 is 5.32 Å². The minimum atomic E-state index is 0.0132. The van der Waals surface area contributed by atoms with Gasteiger partial charge in [0.1, 0.15) is 5.82 Å². The molecule has 0 aliphatic carbocycles. The Morgan fingerprint density at radius 1 is 1.64 bits per heavy atom. The Hall–Kier alpha value is -1.52. The van der Waals surface area contributed by atoms with E-state index < -0.39 is 0 Å². The first-order valence-corrected chi connectivity index (χ1v) is 4.76. The second-order valence-electron chi connectivity index (χ2n) is 3.46. The van der Waals surface area contributed by atoms with Gasteiger partial charge in [-0.05, 0) is 6.42 Å². The number of carbonyl (C=O) groups excluding carboxylic acids is 1. The highest BCUT2D eigenvalue weighted by Gasteiger charge is 2.18. The number of aryl methyl sites for hydroxylation is 1. The van der Waals surface area contributed by atoms with Gasteiger partial charge in [0, 0.05) is 32.5 Å². The molecule has 2 amide bonds. The van der Waals surface area contributed by atoms with Crippen molar-refractivity contribution in [2.24, 2.45) is 7.05 Å². The molecule has 14 heavy (non-hydrogen) atoms. The van der Waals surface area contributed by atoms with E-state index in [0.717, 1.165) is 25.3 Å². The number of hydrogen-bond acceptors (Lipinski definition) is 2. The molecule has 0 bridgehead atoms. The molecule has 1 aromatic heterocycles. The molecule has 1 N–H and O–H groups in total. The summed E-state index contributed by atoms with van der Waals surface area (Å²) in [7, 11) is 1.93. The van der Waals surface area contributed by atoms with Crippen LogP contribution in [0.1, 0.15) is 12.2 Å². The Balaban J connectivity index is 2.03. The number of nitrogens with zero attached hydrogens (tertiary/aromatic N) is 3. The maximum absolute atomic E-state index is 11.4. The van der Waals surface area contributed by atoms with Crippen LogP contribution in [0.25, 0.3) is 0 Å². The molecule has 1 aromatic rings. The minimum absolute atomic E-state index is 0.0132. The lowest BCUT2D eigenvalue weighted by Crippen LogP contribution is -2.46. The summed E-state index contributed by atoms with van der Waals surface area (Å²) in [5.74, 6) is 0.919. The van der Waals surface area contributed by atoms with E-state index in [1.807, 2.05) is 17.8 Å². The lowest BCUT2D eigenvalue weighted by Gasteiger charge is -2.26. The molecule has 0 aromatic carbocycles. The molecular formula is C9H14N4O. The maximum Gasteiger partial charge on any atom is 0.317 e. The summed E-state index contributed by atoms with van der Waals surface area (Å²) in [6.07, 6.45) is 4.64. The molecule has 0 saturated carbocycles. The Morgan fingerprint density at radius 3 is 3.14 bits per heavy atom. The summed E-state index contributed by atoms with van der Waals surface area (Å²) in [6.45, 7) is 2.20. The molecule has 0 atom stereocenters. The predicted octanol–water partition coefficient (Wildman–Crippen LogP) is 0.335. The SMILES string of the molecule is Cn1ccnc1CN1CCCNC1=O. The number of carbonyl (C=O) groups is 1. The first kappa shape index (κ1) is 9.05. The average molecular weight is 194 g/mol. The van der Waals surface area contributed by atoms with E-state index >= 15 is 0 Å². The molecule has 0 unspecified atom stereocenters. The van der Waals surface area contributed by atoms with Crippen LogP contribution >= 0.6 is 0 Å². The molecule has 1 fully saturated rings. The fourth-order valence-corrected chi connectivity index (χ4v) is 1.55. The van der Waals surface area contributed by atoms with Crippen molar-refractivity contribution in [1.29, 1.82) is 0 Å². The molecule has 5 heteroatoms. The smallest absolute Gasteiger partial charge is 0.317 e. The minimum Gasteiger partial charge on any atom is -0.338 e. The van der Waals surface area contributed by atoms with Crippen LogP contribution in [0.2, 0.25) is 0 Å². The summed E-state index contributed by atoms with van der Waals surface area (Å²) >= 11 is 0. The molecule has 0 radical (unpaired) electrons. The van der Waals surface area contributed by atoms with Crippen LogP contribution in [-0.2, 0) is 13.6 Å². The van der Waals surface area contributed by atoms with Crippen LogP contribution in [0, 0.1) is 0 Å². The van der Waals surface area contributed by atoms with Crippen molar-refractivity contribution in [2.75, 3.05) is 13.1 Å². The van der Waals surface area contributed by atoms with Gasteiger partial charge in [-0.25, -0.2) is 9.78 Å². The molecule has 2 heterocycles. The third kappa shape index (κ3) is 1.71. The van der Waals surface area contributed by atoms with Crippen molar-refractivity contribution in [3.63, 3.8) is 0 Å². The fraction of sp³-hybridized carbons (Fsp3) is 0.556. The predicted molar refractivity (Wildman–Crippen MR) is 51.6 cm³/mol. The fourth-order valence-electron chi connectivity index (χ4n) is 1.55. The summed E-state index contributed by atoms with van der Waals surface area (Å²) in [5.41, 5.74) is 0. The zero-order chi connectivity index (χ0) is 9.97. The van der Waals surface area contributed by atoms with Crippen molar-refractivity contribution < 1.29 is 4.79 Å². The van der Waals surface area contributed by atoms with E-state index in [1.165, 1.54) is 0 Å². The van der Waals surface area contributed by atoms with Gasteiger partial charge in [0.25, 0.3) is 0 Å². The van der Waals surface area contributed by atoms with E-state index in [-0.39, 0.29) is 6.03 Å². The van der Waals surface area contributed by atoms with E-state index in [4.69, 9.17) is 0 Å². The molecule has 76 valence electrons. The first-order chi connectivity index (χ1) is 6.77. The third-order valence-electron chi connectivity index (χ3n) is 2.42. The summed E-state index contributed by atoms with van der Waals surface area (Å²) < 4.78 is 1.93. The van der Waals surface area contributed by atoms with Gasteiger partial charge in [0.05, 0.1) is 6.54 Å². The third-order valence-corrected chi connectivity index (χ3v) is 2.42. The number of amides is 2. The number of urea groups is 1. The summed E-state index contributed by atoms with van der Waals surface area (Å²) in [6, 6.07) is 0.0132. The molecule has 1 aliphatic rings. The van der Waals surface area contributed by atoms with Crippen LogP contribution in [0.15, 0.2) is 12.4 Å². The normalized spacial score (nSPS) is 16.9. The van der Waals surface area contributed by atoms with Gasteiger partial charge in [-0.2, -0.15) is 0 Å². The highest BCUT2D eigenvalue weighted by atomic mass is 16.2. The van der Waals surface area contributed by atoms with Crippen LogP contribution in [0.5, 0.6) is 0 Å². The van der Waals surface area contributed by atoms with Crippen molar-refractivity contribution >= 4 is 6.03 Å². The standard InChI is InChI=1S/C9H14N4O/c1-12-6-4-10-8(12)7-13-5-2-3-11-9(13)14/h4,6H,2-3,5,7H2,1H3,(H,11,14). The van der Waals surface area contributed by atoms with Gasteiger partial charge in [-0.3, -0.25) is 0 Å². The van der Waals surface area contributed by atoms with E-state index in [2.05, 4.69) is 10.3 Å². The van der Waals surface area contributed by atoms with Crippen LogP contribution in [0.3, 0.4) is 0 Å².